The van der Waals surface area contributed by atoms with E-state index in [-0.39, 0.29) is 18.2 Å². The minimum atomic E-state index is -2.90. The molecule has 0 spiro atoms. The molecule has 0 aromatic carbocycles. The first-order valence-electron chi connectivity index (χ1n) is 5.52. The Morgan fingerprint density at radius 3 is 2.75 bits per heavy atom. The highest BCUT2D eigenvalue weighted by atomic mass is 32.2. The lowest BCUT2D eigenvalue weighted by Crippen LogP contribution is -2.32. The SMILES string of the molecule is CS(=O)(=O)CCCN1CCCC1CC(=O)O. The molecule has 0 amide bonds. The Bertz CT molecular complexity index is 339. The third-order valence-corrected chi connectivity index (χ3v) is 3.90. The smallest absolute Gasteiger partial charge is 0.304 e. The Morgan fingerprint density at radius 1 is 1.50 bits per heavy atom. The maximum absolute atomic E-state index is 11.0. The molecule has 0 aromatic rings. The normalized spacial score (nSPS) is 22.4. The van der Waals surface area contributed by atoms with Crippen LogP contribution in [0.25, 0.3) is 0 Å². The van der Waals surface area contributed by atoms with Gasteiger partial charge in [0.1, 0.15) is 9.84 Å². The summed E-state index contributed by atoms with van der Waals surface area (Å²) in [7, 11) is -2.90. The molecule has 0 radical (unpaired) electrons. The monoisotopic (exact) mass is 249 g/mol. The van der Waals surface area contributed by atoms with Gasteiger partial charge in [-0.25, -0.2) is 8.42 Å². The molecule has 1 N–H and O–H groups in total. The van der Waals surface area contributed by atoms with Crippen molar-refractivity contribution in [3.63, 3.8) is 0 Å². The lowest BCUT2D eigenvalue weighted by atomic mass is 10.1. The van der Waals surface area contributed by atoms with Crippen LogP contribution in [0.15, 0.2) is 0 Å². The minimum absolute atomic E-state index is 0.0945. The highest BCUT2D eigenvalue weighted by molar-refractivity contribution is 7.90. The second-order valence-electron chi connectivity index (χ2n) is 4.41. The van der Waals surface area contributed by atoms with Gasteiger partial charge in [0.2, 0.25) is 0 Å². The Kier molecular flexibility index (Phi) is 4.73. The van der Waals surface area contributed by atoms with Crippen molar-refractivity contribution in [1.82, 2.24) is 4.90 Å². The minimum Gasteiger partial charge on any atom is -0.481 e. The van der Waals surface area contributed by atoms with Gasteiger partial charge >= 0.3 is 5.97 Å². The second-order valence-corrected chi connectivity index (χ2v) is 6.67. The average Bonchev–Trinajstić information content (AvgIpc) is 2.49. The van der Waals surface area contributed by atoms with Gasteiger partial charge in [0.15, 0.2) is 0 Å². The molecule has 94 valence electrons. The first-order chi connectivity index (χ1) is 7.38. The maximum Gasteiger partial charge on any atom is 0.304 e. The van der Waals surface area contributed by atoms with Crippen LogP contribution >= 0.6 is 0 Å². The number of carboxylic acids is 1. The molecular formula is C10H19NO4S. The molecule has 5 nitrogen and oxygen atoms in total. The molecule has 1 unspecified atom stereocenters. The first-order valence-corrected chi connectivity index (χ1v) is 7.58. The predicted octanol–water partition coefficient (Wildman–Crippen LogP) is 0.360. The van der Waals surface area contributed by atoms with Gasteiger partial charge in [-0.1, -0.05) is 0 Å². The van der Waals surface area contributed by atoms with E-state index in [2.05, 4.69) is 4.90 Å². The van der Waals surface area contributed by atoms with Crippen molar-refractivity contribution < 1.29 is 18.3 Å². The van der Waals surface area contributed by atoms with Crippen LogP contribution in [-0.4, -0.2) is 55.5 Å². The van der Waals surface area contributed by atoms with Crippen LogP contribution in [0.5, 0.6) is 0 Å². The number of nitrogens with zero attached hydrogens (tertiary/aromatic N) is 1. The Morgan fingerprint density at radius 2 is 2.19 bits per heavy atom. The summed E-state index contributed by atoms with van der Waals surface area (Å²) in [5.41, 5.74) is 0. The summed E-state index contributed by atoms with van der Waals surface area (Å²) in [5, 5.41) is 8.72. The lowest BCUT2D eigenvalue weighted by Gasteiger charge is -2.22. The van der Waals surface area contributed by atoms with E-state index in [1.165, 1.54) is 6.26 Å². The number of likely N-dealkylation sites (tertiary alicyclic amines) is 1. The van der Waals surface area contributed by atoms with Gasteiger partial charge < -0.3 is 5.11 Å². The predicted molar refractivity (Wildman–Crippen MR) is 61.2 cm³/mol. The number of aliphatic carboxylic acids is 1. The summed E-state index contributed by atoms with van der Waals surface area (Å²) in [6.07, 6.45) is 3.90. The fourth-order valence-corrected chi connectivity index (χ4v) is 2.81. The van der Waals surface area contributed by atoms with Crippen molar-refractivity contribution in [3.8, 4) is 0 Å². The Hall–Kier alpha value is -0.620. The molecule has 0 aromatic heterocycles. The molecule has 1 heterocycles. The molecule has 0 aliphatic carbocycles. The highest BCUT2D eigenvalue weighted by Crippen LogP contribution is 2.20. The fourth-order valence-electron chi connectivity index (χ4n) is 2.15. The van der Waals surface area contributed by atoms with Crippen LogP contribution in [-0.2, 0) is 14.6 Å². The van der Waals surface area contributed by atoms with Crippen molar-refractivity contribution in [2.45, 2.75) is 31.7 Å². The van der Waals surface area contributed by atoms with E-state index in [9.17, 15) is 13.2 Å². The quantitative estimate of drug-likeness (QED) is 0.735. The second kappa shape index (κ2) is 5.63. The highest BCUT2D eigenvalue weighted by Gasteiger charge is 2.26. The fraction of sp³-hybridized carbons (Fsp3) is 0.900. The molecular weight excluding hydrogens is 230 g/mol. The van der Waals surface area contributed by atoms with Crippen LogP contribution in [0.4, 0.5) is 0 Å². The maximum atomic E-state index is 11.0. The molecule has 6 heteroatoms. The number of hydrogen-bond donors (Lipinski definition) is 1. The van der Waals surface area contributed by atoms with E-state index in [4.69, 9.17) is 5.11 Å². The van der Waals surface area contributed by atoms with Crippen LogP contribution in [0.3, 0.4) is 0 Å². The zero-order valence-electron chi connectivity index (χ0n) is 9.55. The van der Waals surface area contributed by atoms with Gasteiger partial charge in [0.25, 0.3) is 0 Å². The largest absolute Gasteiger partial charge is 0.481 e. The van der Waals surface area contributed by atoms with Crippen LogP contribution in [0.1, 0.15) is 25.7 Å². The Balaban J connectivity index is 2.33. The summed E-state index contributed by atoms with van der Waals surface area (Å²) < 4.78 is 21.9. The van der Waals surface area contributed by atoms with Crippen molar-refractivity contribution in [2.75, 3.05) is 25.1 Å². The van der Waals surface area contributed by atoms with E-state index >= 15 is 0 Å². The van der Waals surface area contributed by atoms with Crippen molar-refractivity contribution >= 4 is 15.8 Å². The average molecular weight is 249 g/mol. The zero-order valence-corrected chi connectivity index (χ0v) is 10.4. The van der Waals surface area contributed by atoms with Gasteiger partial charge in [-0.2, -0.15) is 0 Å². The van der Waals surface area contributed by atoms with Crippen LogP contribution in [0, 0.1) is 0 Å². The van der Waals surface area contributed by atoms with Crippen molar-refractivity contribution in [3.05, 3.63) is 0 Å². The number of rotatable bonds is 6. The number of carbonyl (C=O) groups is 1. The van der Waals surface area contributed by atoms with E-state index < -0.39 is 15.8 Å². The van der Waals surface area contributed by atoms with Crippen molar-refractivity contribution in [1.29, 1.82) is 0 Å². The number of sulfone groups is 1. The molecule has 16 heavy (non-hydrogen) atoms. The molecule has 1 fully saturated rings. The topological polar surface area (TPSA) is 74.7 Å². The summed E-state index contributed by atoms with van der Waals surface area (Å²) in [6, 6.07) is 0.0945. The van der Waals surface area contributed by atoms with Crippen LogP contribution in [0.2, 0.25) is 0 Å². The van der Waals surface area contributed by atoms with E-state index in [1.54, 1.807) is 0 Å². The van der Waals surface area contributed by atoms with Gasteiger partial charge in [-0.3, -0.25) is 9.69 Å². The summed E-state index contributed by atoms with van der Waals surface area (Å²) in [5.74, 6) is -0.594. The summed E-state index contributed by atoms with van der Waals surface area (Å²) >= 11 is 0. The molecule has 1 rings (SSSR count). The molecule has 0 bridgehead atoms. The molecule has 1 saturated heterocycles. The molecule has 0 saturated carbocycles. The van der Waals surface area contributed by atoms with Crippen molar-refractivity contribution in [2.24, 2.45) is 0 Å². The molecule has 1 aliphatic rings. The Labute approximate surface area is 96.4 Å². The van der Waals surface area contributed by atoms with Gasteiger partial charge in [0.05, 0.1) is 12.2 Å². The first kappa shape index (κ1) is 13.4. The van der Waals surface area contributed by atoms with E-state index in [1.807, 2.05) is 0 Å². The van der Waals surface area contributed by atoms with Gasteiger partial charge in [0, 0.05) is 12.3 Å². The number of carboxylic acid groups (broad SMARTS) is 1. The lowest BCUT2D eigenvalue weighted by molar-refractivity contribution is -0.138. The van der Waals surface area contributed by atoms with Gasteiger partial charge in [-0.05, 0) is 32.4 Å². The van der Waals surface area contributed by atoms with E-state index in [0.29, 0.717) is 13.0 Å². The van der Waals surface area contributed by atoms with E-state index in [0.717, 1.165) is 19.4 Å². The zero-order chi connectivity index (χ0) is 12.2. The van der Waals surface area contributed by atoms with Gasteiger partial charge in [-0.15, -0.1) is 0 Å². The van der Waals surface area contributed by atoms with Crippen LogP contribution < -0.4 is 0 Å². The molecule has 1 atom stereocenters. The summed E-state index contributed by atoms with van der Waals surface area (Å²) in [4.78, 5) is 12.7. The molecule has 1 aliphatic heterocycles. The number of hydrogen-bond acceptors (Lipinski definition) is 4. The third-order valence-electron chi connectivity index (χ3n) is 2.87. The third kappa shape index (κ3) is 4.94. The summed E-state index contributed by atoms with van der Waals surface area (Å²) in [6.45, 7) is 1.58. The standard InChI is InChI=1S/C10H19NO4S/c1-16(14,15)7-3-6-11-5-2-4-9(11)8-10(12)13/h9H,2-8H2,1H3,(H,12,13).